The Balaban J connectivity index is 2.52. The number of alkyl halides is 1. The zero-order chi connectivity index (χ0) is 10.8. The number of hydrogen-bond donors (Lipinski definition) is 1. The molecular weight excluding hydrogens is 208 g/mol. The molecule has 1 nitrogen and oxygen atoms in total. The van der Waals surface area contributed by atoms with Crippen LogP contribution in [0.15, 0.2) is 36.4 Å². The van der Waals surface area contributed by atoms with Crippen molar-refractivity contribution in [1.82, 2.24) is 0 Å². The van der Waals surface area contributed by atoms with E-state index in [2.05, 4.69) is 25.1 Å². The minimum absolute atomic E-state index is 0.234. The molecule has 15 heavy (non-hydrogen) atoms. The maximum atomic E-state index is 9.61. The quantitative estimate of drug-likeness (QED) is 0.769. The molecule has 0 saturated carbocycles. The summed E-state index contributed by atoms with van der Waals surface area (Å²) in [5, 5.41) is 11.9. The fourth-order valence-corrected chi connectivity index (χ4v) is 1.86. The zero-order valence-corrected chi connectivity index (χ0v) is 9.33. The van der Waals surface area contributed by atoms with Gasteiger partial charge in [0.05, 0.1) is 12.0 Å². The van der Waals surface area contributed by atoms with Crippen LogP contribution in [-0.4, -0.2) is 11.0 Å². The van der Waals surface area contributed by atoms with Gasteiger partial charge in [-0.25, -0.2) is 0 Å². The van der Waals surface area contributed by atoms with E-state index in [1.54, 1.807) is 0 Å². The Hall–Kier alpha value is -1.05. The summed E-state index contributed by atoms with van der Waals surface area (Å²) in [6.07, 6.45) is -0.572. The standard InChI is InChI=1S/C13H13ClO/c1-9-2-3-11-7-12(13(15)8-14)5-4-10(11)6-9/h2-7,13,15H,8H2,1H3. The van der Waals surface area contributed by atoms with Crippen molar-refractivity contribution in [3.63, 3.8) is 0 Å². The Labute approximate surface area is 94.3 Å². The summed E-state index contributed by atoms with van der Waals surface area (Å²) in [6, 6.07) is 12.2. The zero-order valence-electron chi connectivity index (χ0n) is 8.57. The van der Waals surface area contributed by atoms with Gasteiger partial charge in [-0.1, -0.05) is 35.9 Å². The van der Waals surface area contributed by atoms with Crippen molar-refractivity contribution in [3.05, 3.63) is 47.5 Å². The van der Waals surface area contributed by atoms with E-state index in [1.165, 1.54) is 10.9 Å². The van der Waals surface area contributed by atoms with E-state index in [0.29, 0.717) is 0 Å². The minimum atomic E-state index is -0.572. The Bertz CT molecular complexity index is 479. The molecule has 0 aliphatic carbocycles. The third kappa shape index (κ3) is 2.14. The molecule has 0 bridgehead atoms. The molecule has 2 aromatic carbocycles. The molecule has 0 radical (unpaired) electrons. The predicted octanol–water partition coefficient (Wildman–Crippen LogP) is 3.42. The summed E-state index contributed by atoms with van der Waals surface area (Å²) in [5.41, 5.74) is 2.12. The van der Waals surface area contributed by atoms with Crippen LogP contribution in [-0.2, 0) is 0 Å². The molecule has 0 aliphatic rings. The normalized spacial score (nSPS) is 13.0. The number of halogens is 1. The fourth-order valence-electron chi connectivity index (χ4n) is 1.68. The largest absolute Gasteiger partial charge is 0.387 e. The van der Waals surface area contributed by atoms with Gasteiger partial charge in [0.2, 0.25) is 0 Å². The van der Waals surface area contributed by atoms with E-state index in [9.17, 15) is 5.11 Å². The summed E-state index contributed by atoms with van der Waals surface area (Å²) in [7, 11) is 0. The van der Waals surface area contributed by atoms with Crippen molar-refractivity contribution in [2.24, 2.45) is 0 Å². The van der Waals surface area contributed by atoms with Crippen molar-refractivity contribution >= 4 is 22.4 Å². The first kappa shape index (κ1) is 10.5. The maximum Gasteiger partial charge on any atom is 0.0925 e. The van der Waals surface area contributed by atoms with Gasteiger partial charge in [-0.05, 0) is 29.3 Å². The van der Waals surface area contributed by atoms with Crippen LogP contribution in [0.25, 0.3) is 10.8 Å². The Kier molecular flexibility index (Phi) is 2.94. The van der Waals surface area contributed by atoms with Gasteiger partial charge < -0.3 is 5.11 Å². The van der Waals surface area contributed by atoms with E-state index in [4.69, 9.17) is 11.6 Å². The Morgan fingerprint density at radius 2 is 1.80 bits per heavy atom. The van der Waals surface area contributed by atoms with Crippen LogP contribution in [0.4, 0.5) is 0 Å². The lowest BCUT2D eigenvalue weighted by atomic mass is 10.0. The molecule has 2 rings (SSSR count). The van der Waals surface area contributed by atoms with E-state index < -0.39 is 6.10 Å². The summed E-state index contributed by atoms with van der Waals surface area (Å²) in [5.74, 6) is 0.234. The summed E-state index contributed by atoms with van der Waals surface area (Å²) in [6.45, 7) is 2.07. The lowest BCUT2D eigenvalue weighted by molar-refractivity contribution is 0.203. The number of aliphatic hydroxyl groups excluding tert-OH is 1. The van der Waals surface area contributed by atoms with Crippen molar-refractivity contribution in [1.29, 1.82) is 0 Å². The van der Waals surface area contributed by atoms with Crippen LogP contribution in [0.3, 0.4) is 0 Å². The number of rotatable bonds is 2. The van der Waals surface area contributed by atoms with E-state index in [0.717, 1.165) is 10.9 Å². The van der Waals surface area contributed by atoms with Crippen LogP contribution in [0, 0.1) is 6.92 Å². The Morgan fingerprint density at radius 1 is 1.13 bits per heavy atom. The maximum absolute atomic E-state index is 9.61. The van der Waals surface area contributed by atoms with Crippen LogP contribution in [0.1, 0.15) is 17.2 Å². The molecule has 1 atom stereocenters. The van der Waals surface area contributed by atoms with Gasteiger partial charge in [-0.15, -0.1) is 11.6 Å². The number of hydrogen-bond acceptors (Lipinski definition) is 1. The van der Waals surface area contributed by atoms with Gasteiger partial charge in [-0.3, -0.25) is 0 Å². The van der Waals surface area contributed by atoms with Crippen LogP contribution >= 0.6 is 11.6 Å². The lowest BCUT2D eigenvalue weighted by Crippen LogP contribution is -1.97. The summed E-state index contributed by atoms with van der Waals surface area (Å²) >= 11 is 5.61. The molecular formula is C13H13ClO. The number of aryl methyl sites for hydroxylation is 1. The Morgan fingerprint density at radius 3 is 2.53 bits per heavy atom. The molecule has 0 fully saturated rings. The van der Waals surface area contributed by atoms with Gasteiger partial charge in [-0.2, -0.15) is 0 Å². The molecule has 1 N–H and O–H groups in total. The monoisotopic (exact) mass is 220 g/mol. The third-order valence-electron chi connectivity index (χ3n) is 2.55. The van der Waals surface area contributed by atoms with Gasteiger partial charge in [0.1, 0.15) is 0 Å². The molecule has 0 heterocycles. The first-order chi connectivity index (χ1) is 7.20. The molecule has 0 aromatic heterocycles. The van der Waals surface area contributed by atoms with Crippen molar-refractivity contribution in [2.75, 3.05) is 5.88 Å². The van der Waals surface area contributed by atoms with Crippen LogP contribution < -0.4 is 0 Å². The van der Waals surface area contributed by atoms with Gasteiger partial charge in [0.25, 0.3) is 0 Å². The smallest absolute Gasteiger partial charge is 0.0925 e. The number of aliphatic hydroxyl groups is 1. The summed E-state index contributed by atoms with van der Waals surface area (Å²) in [4.78, 5) is 0. The van der Waals surface area contributed by atoms with E-state index in [-0.39, 0.29) is 5.88 Å². The van der Waals surface area contributed by atoms with Gasteiger partial charge in [0, 0.05) is 0 Å². The van der Waals surface area contributed by atoms with E-state index >= 15 is 0 Å². The molecule has 0 saturated heterocycles. The second-order valence-electron chi connectivity index (χ2n) is 3.78. The molecule has 0 spiro atoms. The fraction of sp³-hybridized carbons (Fsp3) is 0.231. The minimum Gasteiger partial charge on any atom is -0.387 e. The average molecular weight is 221 g/mol. The van der Waals surface area contributed by atoms with Crippen molar-refractivity contribution in [3.8, 4) is 0 Å². The van der Waals surface area contributed by atoms with Crippen molar-refractivity contribution in [2.45, 2.75) is 13.0 Å². The van der Waals surface area contributed by atoms with E-state index in [1.807, 2.05) is 18.2 Å². The first-order valence-electron chi connectivity index (χ1n) is 4.95. The summed E-state index contributed by atoms with van der Waals surface area (Å²) < 4.78 is 0. The van der Waals surface area contributed by atoms with Crippen molar-refractivity contribution < 1.29 is 5.11 Å². The third-order valence-corrected chi connectivity index (χ3v) is 2.84. The molecule has 0 amide bonds. The predicted molar refractivity (Wildman–Crippen MR) is 64.4 cm³/mol. The molecule has 0 aliphatic heterocycles. The number of benzene rings is 2. The SMILES string of the molecule is Cc1ccc2cc(C(O)CCl)ccc2c1. The van der Waals surface area contributed by atoms with Gasteiger partial charge >= 0.3 is 0 Å². The highest BCUT2D eigenvalue weighted by Crippen LogP contribution is 2.22. The van der Waals surface area contributed by atoms with Crippen LogP contribution in [0.5, 0.6) is 0 Å². The first-order valence-corrected chi connectivity index (χ1v) is 5.48. The highest BCUT2D eigenvalue weighted by Gasteiger charge is 2.05. The molecule has 1 unspecified atom stereocenters. The second kappa shape index (κ2) is 4.21. The molecule has 78 valence electrons. The van der Waals surface area contributed by atoms with Gasteiger partial charge in [0.15, 0.2) is 0 Å². The molecule has 2 heteroatoms. The average Bonchev–Trinajstić information content (AvgIpc) is 2.27. The highest BCUT2D eigenvalue weighted by atomic mass is 35.5. The second-order valence-corrected chi connectivity index (χ2v) is 4.09. The topological polar surface area (TPSA) is 20.2 Å². The number of fused-ring (bicyclic) bond motifs is 1. The molecule has 2 aromatic rings. The lowest BCUT2D eigenvalue weighted by Gasteiger charge is -2.08. The van der Waals surface area contributed by atoms with Crippen LogP contribution in [0.2, 0.25) is 0 Å². The highest BCUT2D eigenvalue weighted by molar-refractivity contribution is 6.18.